The Kier molecular flexibility index (Phi) is 7.48. The van der Waals surface area contributed by atoms with Gasteiger partial charge in [0.25, 0.3) is 5.91 Å². The lowest BCUT2D eigenvalue weighted by Gasteiger charge is -2.15. The Morgan fingerprint density at radius 3 is 2.47 bits per heavy atom. The van der Waals surface area contributed by atoms with Crippen LogP contribution in [0.15, 0.2) is 72.8 Å². The van der Waals surface area contributed by atoms with Crippen molar-refractivity contribution in [2.24, 2.45) is 0 Å². The normalized spacial score (nSPS) is 11.1. The molecule has 1 N–H and O–H groups in total. The first-order valence-electron chi connectivity index (χ1n) is 11.7. The molecule has 3 aromatic carbocycles. The second kappa shape index (κ2) is 10.9. The number of para-hydroxylation sites is 4. The number of methoxy groups -OCH3 is 1. The van der Waals surface area contributed by atoms with Crippen LogP contribution in [0.25, 0.3) is 11.0 Å². The number of nitrogens with zero attached hydrogens (tertiary/aromatic N) is 2. The van der Waals surface area contributed by atoms with E-state index in [0.29, 0.717) is 30.4 Å². The van der Waals surface area contributed by atoms with Gasteiger partial charge in [0.15, 0.2) is 0 Å². The van der Waals surface area contributed by atoms with Crippen LogP contribution in [0.4, 0.5) is 0 Å². The zero-order chi connectivity index (χ0) is 23.9. The highest BCUT2D eigenvalue weighted by Gasteiger charge is 2.15. The Labute approximate surface area is 200 Å². The van der Waals surface area contributed by atoms with Crippen LogP contribution in [0.1, 0.15) is 47.9 Å². The van der Waals surface area contributed by atoms with Crippen molar-refractivity contribution in [3.63, 3.8) is 0 Å². The van der Waals surface area contributed by atoms with Gasteiger partial charge in [-0.1, -0.05) is 56.3 Å². The number of carbonyl (C=O) groups excluding carboxylic acids is 1. The molecule has 0 saturated carbocycles. The molecule has 0 radical (unpaired) electrons. The van der Waals surface area contributed by atoms with E-state index < -0.39 is 0 Å². The molecule has 176 valence electrons. The predicted octanol–water partition coefficient (Wildman–Crippen LogP) is 5.57. The molecule has 0 aliphatic rings. The number of imidazole rings is 1. The molecule has 0 aliphatic carbocycles. The number of amides is 1. The molecule has 6 nitrogen and oxygen atoms in total. The lowest BCUT2D eigenvalue weighted by Crippen LogP contribution is -2.25. The number of carbonyl (C=O) groups is 1. The van der Waals surface area contributed by atoms with Gasteiger partial charge in [0, 0.05) is 6.54 Å². The Morgan fingerprint density at radius 1 is 0.971 bits per heavy atom. The molecule has 34 heavy (non-hydrogen) atoms. The number of hydrogen-bond donors (Lipinski definition) is 1. The molecule has 0 fully saturated rings. The summed E-state index contributed by atoms with van der Waals surface area (Å²) in [5, 5.41) is 2.99. The highest BCUT2D eigenvalue weighted by Crippen LogP contribution is 2.26. The van der Waals surface area contributed by atoms with Crippen molar-refractivity contribution in [1.82, 2.24) is 14.9 Å². The summed E-state index contributed by atoms with van der Waals surface area (Å²) in [5.41, 5.74) is 3.68. The number of rotatable bonds is 10. The Bertz CT molecular complexity index is 1260. The average molecular weight is 458 g/mol. The van der Waals surface area contributed by atoms with Crippen LogP contribution >= 0.6 is 0 Å². The number of aromatic nitrogens is 2. The maximum Gasteiger partial charge on any atom is 0.255 e. The number of hydrogen-bond acceptors (Lipinski definition) is 4. The molecule has 0 saturated heterocycles. The van der Waals surface area contributed by atoms with E-state index >= 15 is 0 Å². The van der Waals surface area contributed by atoms with Crippen molar-refractivity contribution in [3.8, 4) is 11.5 Å². The molecule has 4 rings (SSSR count). The van der Waals surface area contributed by atoms with Gasteiger partial charge in [0.2, 0.25) is 0 Å². The van der Waals surface area contributed by atoms with Gasteiger partial charge in [-0.15, -0.1) is 0 Å². The lowest BCUT2D eigenvalue weighted by atomic mass is 10.0. The summed E-state index contributed by atoms with van der Waals surface area (Å²) in [5.74, 6) is 2.52. The van der Waals surface area contributed by atoms with Crippen molar-refractivity contribution >= 4 is 16.9 Å². The number of ether oxygens (including phenoxy) is 2. The summed E-state index contributed by atoms with van der Waals surface area (Å²) >= 11 is 0. The van der Waals surface area contributed by atoms with E-state index in [9.17, 15) is 4.79 Å². The summed E-state index contributed by atoms with van der Waals surface area (Å²) in [4.78, 5) is 17.6. The maximum atomic E-state index is 12.8. The van der Waals surface area contributed by atoms with Gasteiger partial charge in [-0.2, -0.15) is 0 Å². The molecule has 6 heteroatoms. The van der Waals surface area contributed by atoms with Gasteiger partial charge in [-0.05, 0) is 48.2 Å². The van der Waals surface area contributed by atoms with Gasteiger partial charge in [-0.25, -0.2) is 4.98 Å². The molecule has 0 bridgehead atoms. The number of nitrogens with one attached hydrogen (secondary N) is 1. The predicted molar refractivity (Wildman–Crippen MR) is 135 cm³/mol. The Hall–Kier alpha value is -3.80. The smallest absolute Gasteiger partial charge is 0.255 e. The maximum absolute atomic E-state index is 12.8. The van der Waals surface area contributed by atoms with E-state index in [2.05, 4.69) is 35.9 Å². The number of fused-ring (bicyclic) bond motifs is 1. The summed E-state index contributed by atoms with van der Waals surface area (Å²) in [7, 11) is 1.56. The number of aryl methyl sites for hydroxylation is 1. The first-order chi connectivity index (χ1) is 16.6. The fraction of sp³-hybridized carbons (Fsp3) is 0.286. The molecule has 1 amide bonds. The third-order valence-electron chi connectivity index (χ3n) is 5.82. The van der Waals surface area contributed by atoms with Gasteiger partial charge in [0.1, 0.15) is 17.3 Å². The van der Waals surface area contributed by atoms with E-state index in [-0.39, 0.29) is 5.91 Å². The molecule has 0 spiro atoms. The van der Waals surface area contributed by atoms with Crippen molar-refractivity contribution in [3.05, 3.63) is 89.7 Å². The second-order valence-corrected chi connectivity index (χ2v) is 8.45. The summed E-state index contributed by atoms with van der Waals surface area (Å²) in [6, 6.07) is 23.4. The minimum atomic E-state index is -0.190. The van der Waals surface area contributed by atoms with Crippen LogP contribution in [-0.2, 0) is 13.1 Å². The molecule has 0 unspecified atom stereocenters. The first-order valence-corrected chi connectivity index (χ1v) is 11.7. The van der Waals surface area contributed by atoms with E-state index in [4.69, 9.17) is 14.5 Å². The molecule has 1 heterocycles. The average Bonchev–Trinajstić information content (AvgIpc) is 3.22. The van der Waals surface area contributed by atoms with Crippen LogP contribution in [0.5, 0.6) is 11.5 Å². The monoisotopic (exact) mass is 457 g/mol. The summed E-state index contributed by atoms with van der Waals surface area (Å²) < 4.78 is 13.6. The van der Waals surface area contributed by atoms with Crippen LogP contribution < -0.4 is 14.8 Å². The molecule has 1 aromatic heterocycles. The Balaban J connectivity index is 1.45. The van der Waals surface area contributed by atoms with Crippen LogP contribution in [0, 0.1) is 0 Å². The standard InChI is InChI=1S/C28H31N3O3/c1-20(2)21-11-4-9-16-26(21)34-18-10-17-31-24-14-7-6-13-23(24)30-27(31)19-29-28(32)22-12-5-8-15-25(22)33-3/h4-9,11-16,20H,10,17-19H2,1-3H3,(H,29,32). The fourth-order valence-corrected chi connectivity index (χ4v) is 4.09. The van der Waals surface area contributed by atoms with Crippen LogP contribution in [0.2, 0.25) is 0 Å². The molecule has 4 aromatic rings. The summed E-state index contributed by atoms with van der Waals surface area (Å²) in [6.07, 6.45) is 0.820. The third-order valence-corrected chi connectivity index (χ3v) is 5.82. The van der Waals surface area contributed by atoms with Crippen molar-refractivity contribution in [2.45, 2.75) is 39.3 Å². The van der Waals surface area contributed by atoms with E-state index in [1.165, 1.54) is 5.56 Å². The fourth-order valence-electron chi connectivity index (χ4n) is 4.09. The zero-order valence-electron chi connectivity index (χ0n) is 20.0. The molecule has 0 aliphatic heterocycles. The topological polar surface area (TPSA) is 65.4 Å². The largest absolute Gasteiger partial charge is 0.496 e. The van der Waals surface area contributed by atoms with E-state index in [1.807, 2.05) is 48.5 Å². The molecular formula is C28H31N3O3. The highest BCUT2D eigenvalue weighted by molar-refractivity contribution is 5.96. The zero-order valence-corrected chi connectivity index (χ0v) is 20.0. The first kappa shape index (κ1) is 23.4. The van der Waals surface area contributed by atoms with E-state index in [0.717, 1.165) is 35.6 Å². The van der Waals surface area contributed by atoms with Gasteiger partial charge < -0.3 is 19.4 Å². The third kappa shape index (κ3) is 5.22. The molecule has 0 atom stereocenters. The minimum absolute atomic E-state index is 0.190. The van der Waals surface area contributed by atoms with Gasteiger partial charge in [-0.3, -0.25) is 4.79 Å². The number of benzene rings is 3. The highest BCUT2D eigenvalue weighted by atomic mass is 16.5. The lowest BCUT2D eigenvalue weighted by molar-refractivity contribution is 0.0946. The van der Waals surface area contributed by atoms with Gasteiger partial charge >= 0.3 is 0 Å². The quantitative estimate of drug-likeness (QED) is 0.316. The summed E-state index contributed by atoms with van der Waals surface area (Å²) in [6.45, 7) is 6.01. The molecular weight excluding hydrogens is 426 g/mol. The van der Waals surface area contributed by atoms with Crippen LogP contribution in [0.3, 0.4) is 0 Å². The van der Waals surface area contributed by atoms with Crippen molar-refractivity contribution in [1.29, 1.82) is 0 Å². The van der Waals surface area contributed by atoms with Crippen molar-refractivity contribution in [2.75, 3.05) is 13.7 Å². The Morgan fingerprint density at radius 2 is 1.68 bits per heavy atom. The van der Waals surface area contributed by atoms with Crippen molar-refractivity contribution < 1.29 is 14.3 Å². The van der Waals surface area contributed by atoms with Gasteiger partial charge in [0.05, 0.1) is 36.9 Å². The van der Waals surface area contributed by atoms with Crippen LogP contribution in [-0.4, -0.2) is 29.2 Å². The SMILES string of the molecule is COc1ccccc1C(=O)NCc1nc2ccccc2n1CCCOc1ccccc1C(C)C. The minimum Gasteiger partial charge on any atom is -0.496 e. The van der Waals surface area contributed by atoms with E-state index in [1.54, 1.807) is 19.2 Å². The second-order valence-electron chi connectivity index (χ2n) is 8.45.